The second-order valence-corrected chi connectivity index (χ2v) is 6.66. The summed E-state index contributed by atoms with van der Waals surface area (Å²) in [4.78, 5) is 14.5. The molecule has 0 bridgehead atoms. The van der Waals surface area contributed by atoms with Gasteiger partial charge in [0, 0.05) is 19.3 Å². The van der Waals surface area contributed by atoms with Crippen molar-refractivity contribution in [1.82, 2.24) is 4.90 Å². The van der Waals surface area contributed by atoms with Crippen molar-refractivity contribution in [3.63, 3.8) is 0 Å². The molecule has 1 aromatic carbocycles. The fourth-order valence-corrected chi connectivity index (χ4v) is 2.29. The standard InChI is InChI=1S/C18H30N2O3/c1-14(2)13-18(3,22-6)17(21)19-15-7-9-16(10-8-15)23-12-11-20(4)5/h7-10,14H,11-13H2,1-6H3,(H,19,21)/t18-/m0/s1. The highest BCUT2D eigenvalue weighted by atomic mass is 16.5. The monoisotopic (exact) mass is 322 g/mol. The number of rotatable bonds is 9. The lowest BCUT2D eigenvalue weighted by Gasteiger charge is -2.28. The predicted octanol–water partition coefficient (Wildman–Crippen LogP) is 3.02. The summed E-state index contributed by atoms with van der Waals surface area (Å²) in [6.45, 7) is 7.46. The van der Waals surface area contributed by atoms with Gasteiger partial charge in [0.25, 0.3) is 5.91 Å². The fourth-order valence-electron chi connectivity index (χ4n) is 2.29. The molecule has 1 aromatic rings. The third-order valence-corrected chi connectivity index (χ3v) is 3.65. The number of methoxy groups -OCH3 is 1. The maximum Gasteiger partial charge on any atom is 0.256 e. The maximum absolute atomic E-state index is 12.5. The van der Waals surface area contributed by atoms with Gasteiger partial charge in [-0.3, -0.25) is 4.79 Å². The van der Waals surface area contributed by atoms with Crippen LogP contribution >= 0.6 is 0 Å². The number of carbonyl (C=O) groups excluding carboxylic acids is 1. The number of likely N-dealkylation sites (N-methyl/N-ethyl adjacent to an activating group) is 1. The highest BCUT2D eigenvalue weighted by Gasteiger charge is 2.33. The van der Waals surface area contributed by atoms with E-state index in [2.05, 4.69) is 24.1 Å². The van der Waals surface area contributed by atoms with Crippen LogP contribution in [-0.4, -0.2) is 50.8 Å². The Bertz CT molecular complexity index is 486. The van der Waals surface area contributed by atoms with E-state index in [1.54, 1.807) is 7.11 Å². The smallest absolute Gasteiger partial charge is 0.256 e. The average Bonchev–Trinajstić information content (AvgIpc) is 2.47. The van der Waals surface area contributed by atoms with Gasteiger partial charge in [0.05, 0.1) is 0 Å². The number of ether oxygens (including phenoxy) is 2. The largest absolute Gasteiger partial charge is 0.492 e. The lowest BCUT2D eigenvalue weighted by molar-refractivity contribution is -0.137. The van der Waals surface area contributed by atoms with Crippen LogP contribution < -0.4 is 10.1 Å². The summed E-state index contributed by atoms with van der Waals surface area (Å²) < 4.78 is 11.1. The first-order valence-corrected chi connectivity index (χ1v) is 8.01. The maximum atomic E-state index is 12.5. The summed E-state index contributed by atoms with van der Waals surface area (Å²) in [5.41, 5.74) is -0.0864. The van der Waals surface area contributed by atoms with E-state index in [4.69, 9.17) is 9.47 Å². The van der Waals surface area contributed by atoms with Gasteiger partial charge in [0.2, 0.25) is 0 Å². The summed E-state index contributed by atoms with van der Waals surface area (Å²) in [6.07, 6.45) is 0.668. The second kappa shape index (κ2) is 8.89. The molecule has 0 heterocycles. The minimum absolute atomic E-state index is 0.130. The van der Waals surface area contributed by atoms with Crippen LogP contribution in [-0.2, 0) is 9.53 Å². The van der Waals surface area contributed by atoms with Gasteiger partial charge in [0.15, 0.2) is 0 Å². The second-order valence-electron chi connectivity index (χ2n) is 6.66. The molecule has 5 heteroatoms. The fraction of sp³-hybridized carbons (Fsp3) is 0.611. The number of carbonyl (C=O) groups is 1. The molecule has 1 atom stereocenters. The third kappa shape index (κ3) is 6.59. The molecule has 0 aliphatic rings. The van der Waals surface area contributed by atoms with Crippen LogP contribution in [0.2, 0.25) is 0 Å². The van der Waals surface area contributed by atoms with Gasteiger partial charge in [-0.05, 0) is 57.6 Å². The van der Waals surface area contributed by atoms with Crippen LogP contribution in [0.4, 0.5) is 5.69 Å². The van der Waals surface area contributed by atoms with Crippen LogP contribution in [0.1, 0.15) is 27.2 Å². The minimum atomic E-state index is -0.824. The molecule has 0 fully saturated rings. The molecular formula is C18H30N2O3. The molecule has 5 nitrogen and oxygen atoms in total. The number of anilines is 1. The molecule has 0 saturated carbocycles. The number of hydrogen-bond acceptors (Lipinski definition) is 4. The van der Waals surface area contributed by atoms with E-state index in [1.165, 1.54) is 0 Å². The normalized spacial score (nSPS) is 13.9. The van der Waals surface area contributed by atoms with Gasteiger partial charge in [-0.2, -0.15) is 0 Å². The lowest BCUT2D eigenvalue weighted by atomic mass is 9.93. The van der Waals surface area contributed by atoms with Crippen molar-refractivity contribution in [2.24, 2.45) is 5.92 Å². The Balaban J connectivity index is 2.61. The minimum Gasteiger partial charge on any atom is -0.492 e. The van der Waals surface area contributed by atoms with E-state index in [0.29, 0.717) is 18.9 Å². The molecule has 0 aromatic heterocycles. The third-order valence-electron chi connectivity index (χ3n) is 3.65. The Morgan fingerprint density at radius 3 is 2.35 bits per heavy atom. The number of amides is 1. The van der Waals surface area contributed by atoms with Crippen LogP contribution in [0.15, 0.2) is 24.3 Å². The van der Waals surface area contributed by atoms with Gasteiger partial charge in [-0.1, -0.05) is 13.8 Å². The molecule has 0 saturated heterocycles. The van der Waals surface area contributed by atoms with Crippen molar-refractivity contribution >= 4 is 11.6 Å². The van der Waals surface area contributed by atoms with E-state index in [9.17, 15) is 4.79 Å². The molecule has 1 amide bonds. The Kier molecular flexibility index (Phi) is 7.52. The summed E-state index contributed by atoms with van der Waals surface area (Å²) in [6, 6.07) is 7.40. The van der Waals surface area contributed by atoms with Crippen LogP contribution in [0.25, 0.3) is 0 Å². The van der Waals surface area contributed by atoms with E-state index in [-0.39, 0.29) is 5.91 Å². The van der Waals surface area contributed by atoms with E-state index >= 15 is 0 Å². The molecule has 0 spiro atoms. The number of nitrogens with one attached hydrogen (secondary N) is 1. The summed E-state index contributed by atoms with van der Waals surface area (Å²) in [5, 5.41) is 2.91. The zero-order valence-corrected chi connectivity index (χ0v) is 15.2. The Morgan fingerprint density at radius 1 is 1.26 bits per heavy atom. The Labute approximate surface area is 140 Å². The van der Waals surface area contributed by atoms with Gasteiger partial charge in [0.1, 0.15) is 18.0 Å². The molecule has 0 unspecified atom stereocenters. The topological polar surface area (TPSA) is 50.8 Å². The number of hydrogen-bond donors (Lipinski definition) is 1. The van der Waals surface area contributed by atoms with Gasteiger partial charge >= 0.3 is 0 Å². The van der Waals surface area contributed by atoms with Crippen molar-refractivity contribution in [2.45, 2.75) is 32.8 Å². The first kappa shape index (κ1) is 19.5. The van der Waals surface area contributed by atoms with Crippen molar-refractivity contribution in [3.8, 4) is 5.75 Å². The van der Waals surface area contributed by atoms with E-state index in [1.807, 2.05) is 45.3 Å². The molecule has 130 valence electrons. The molecule has 0 aliphatic heterocycles. The van der Waals surface area contributed by atoms with Crippen molar-refractivity contribution < 1.29 is 14.3 Å². The Hall–Kier alpha value is -1.59. The summed E-state index contributed by atoms with van der Waals surface area (Å²) >= 11 is 0. The molecule has 1 rings (SSSR count). The molecule has 0 aliphatic carbocycles. The summed E-state index contributed by atoms with van der Waals surface area (Å²) in [5.74, 6) is 1.04. The first-order valence-electron chi connectivity index (χ1n) is 8.01. The van der Waals surface area contributed by atoms with E-state index < -0.39 is 5.60 Å². The summed E-state index contributed by atoms with van der Waals surface area (Å²) in [7, 11) is 5.58. The highest BCUT2D eigenvalue weighted by Crippen LogP contribution is 2.23. The van der Waals surface area contributed by atoms with Gasteiger partial charge in [-0.15, -0.1) is 0 Å². The van der Waals surface area contributed by atoms with E-state index in [0.717, 1.165) is 18.0 Å². The van der Waals surface area contributed by atoms with Crippen molar-refractivity contribution in [2.75, 3.05) is 39.7 Å². The number of benzene rings is 1. The first-order chi connectivity index (χ1) is 10.8. The highest BCUT2D eigenvalue weighted by molar-refractivity contribution is 5.97. The van der Waals surface area contributed by atoms with Crippen LogP contribution in [0, 0.1) is 5.92 Å². The Morgan fingerprint density at radius 2 is 1.87 bits per heavy atom. The zero-order chi connectivity index (χ0) is 17.5. The number of nitrogens with zero attached hydrogens (tertiary/aromatic N) is 1. The van der Waals surface area contributed by atoms with Crippen molar-refractivity contribution in [1.29, 1.82) is 0 Å². The predicted molar refractivity (Wildman–Crippen MR) is 94.0 cm³/mol. The molecule has 0 radical (unpaired) electrons. The quantitative estimate of drug-likeness (QED) is 0.759. The molecular weight excluding hydrogens is 292 g/mol. The van der Waals surface area contributed by atoms with Crippen LogP contribution in [0.3, 0.4) is 0 Å². The molecule has 23 heavy (non-hydrogen) atoms. The lowest BCUT2D eigenvalue weighted by Crippen LogP contribution is -2.43. The van der Waals surface area contributed by atoms with Crippen molar-refractivity contribution in [3.05, 3.63) is 24.3 Å². The van der Waals surface area contributed by atoms with Gasteiger partial charge < -0.3 is 19.7 Å². The average molecular weight is 322 g/mol. The van der Waals surface area contributed by atoms with Crippen LogP contribution in [0.5, 0.6) is 5.75 Å². The SMILES string of the molecule is CO[C@@](C)(CC(C)C)C(=O)Nc1ccc(OCCN(C)C)cc1. The zero-order valence-electron chi connectivity index (χ0n) is 15.2. The molecule has 1 N–H and O–H groups in total. The van der Waals surface area contributed by atoms with Gasteiger partial charge in [-0.25, -0.2) is 0 Å².